The number of H-pyrrole nitrogens is 3. The Kier molecular flexibility index (Phi) is 1.98. The average Bonchev–Trinajstić information content (AvgIpc) is 2.76. The quantitative estimate of drug-likeness (QED) is 0.584. The molecular formula is C12H9N3O2. The number of hydrogen-bond acceptors (Lipinski definition) is 2. The van der Waals surface area contributed by atoms with Crippen molar-refractivity contribution in [2.24, 2.45) is 0 Å². The fourth-order valence-electron chi connectivity index (χ4n) is 1.91. The van der Waals surface area contributed by atoms with E-state index in [1.807, 2.05) is 24.3 Å². The summed E-state index contributed by atoms with van der Waals surface area (Å²) in [4.78, 5) is 26.0. The molecule has 5 heteroatoms. The molecule has 0 amide bonds. The number of aromatic nitrogens is 3. The molecule has 0 aliphatic rings. The molecule has 3 N–H and O–H groups in total. The van der Waals surface area contributed by atoms with E-state index in [2.05, 4.69) is 15.2 Å². The van der Waals surface area contributed by atoms with Crippen molar-refractivity contribution >= 4 is 10.9 Å². The zero-order valence-corrected chi connectivity index (χ0v) is 8.78. The molecule has 0 aliphatic carbocycles. The second kappa shape index (κ2) is 3.48. The fraction of sp³-hybridized carbons (Fsp3) is 0. The zero-order valence-electron chi connectivity index (χ0n) is 8.78. The number of hydrogen-bond donors (Lipinski definition) is 3. The van der Waals surface area contributed by atoms with Crippen LogP contribution < -0.4 is 11.1 Å². The van der Waals surface area contributed by atoms with Crippen molar-refractivity contribution in [1.82, 2.24) is 15.2 Å². The third-order valence-corrected chi connectivity index (χ3v) is 2.70. The SMILES string of the molecule is O=c1cc(-c2c[nH]c3ccccc23)c(=O)[nH][nH]1. The highest BCUT2D eigenvalue weighted by Gasteiger charge is 2.09. The van der Waals surface area contributed by atoms with Crippen molar-refractivity contribution in [3.05, 3.63) is 57.2 Å². The molecule has 0 atom stereocenters. The van der Waals surface area contributed by atoms with Gasteiger partial charge in [0.15, 0.2) is 0 Å². The van der Waals surface area contributed by atoms with Gasteiger partial charge in [-0.2, -0.15) is 0 Å². The number of benzene rings is 1. The summed E-state index contributed by atoms with van der Waals surface area (Å²) in [6.07, 6.45) is 1.73. The standard InChI is InChI=1S/C12H9N3O2/c16-11-5-8(12(17)15-14-11)9-6-13-10-4-2-1-3-7(9)10/h1-6,13H,(H,14,16)(H,15,17). The summed E-state index contributed by atoms with van der Waals surface area (Å²) < 4.78 is 0. The first-order valence-electron chi connectivity index (χ1n) is 5.14. The number of rotatable bonds is 1. The van der Waals surface area contributed by atoms with E-state index in [-0.39, 0.29) is 11.1 Å². The molecule has 0 aliphatic heterocycles. The smallest absolute Gasteiger partial charge is 0.270 e. The molecule has 5 nitrogen and oxygen atoms in total. The minimum atomic E-state index is -0.329. The molecule has 84 valence electrons. The molecule has 2 aromatic heterocycles. The largest absolute Gasteiger partial charge is 0.361 e. The van der Waals surface area contributed by atoms with Gasteiger partial charge in [0, 0.05) is 28.7 Å². The number of aromatic amines is 3. The van der Waals surface area contributed by atoms with Crippen molar-refractivity contribution in [1.29, 1.82) is 0 Å². The highest BCUT2D eigenvalue weighted by molar-refractivity contribution is 5.95. The van der Waals surface area contributed by atoms with Gasteiger partial charge in [-0.3, -0.25) is 19.8 Å². The maximum absolute atomic E-state index is 11.7. The number of nitrogens with one attached hydrogen (secondary N) is 3. The Labute approximate surface area is 95.1 Å². The molecule has 2 heterocycles. The minimum Gasteiger partial charge on any atom is -0.361 e. The van der Waals surface area contributed by atoms with Crippen LogP contribution in [0.4, 0.5) is 0 Å². The molecule has 0 fully saturated rings. The van der Waals surface area contributed by atoms with E-state index in [1.165, 1.54) is 6.07 Å². The van der Waals surface area contributed by atoms with E-state index in [9.17, 15) is 9.59 Å². The fourth-order valence-corrected chi connectivity index (χ4v) is 1.91. The van der Waals surface area contributed by atoms with Crippen LogP contribution in [0.1, 0.15) is 0 Å². The topological polar surface area (TPSA) is 81.5 Å². The van der Waals surface area contributed by atoms with Gasteiger partial charge in [-0.25, -0.2) is 0 Å². The van der Waals surface area contributed by atoms with Gasteiger partial charge in [-0.1, -0.05) is 18.2 Å². The predicted octanol–water partition coefficient (Wildman–Crippen LogP) is 1.21. The van der Waals surface area contributed by atoms with Crippen LogP contribution in [0.15, 0.2) is 46.1 Å². The summed E-state index contributed by atoms with van der Waals surface area (Å²) in [6, 6.07) is 8.92. The van der Waals surface area contributed by atoms with Crippen LogP contribution in [0, 0.1) is 0 Å². The third-order valence-electron chi connectivity index (χ3n) is 2.70. The number of para-hydroxylation sites is 1. The van der Waals surface area contributed by atoms with Crippen LogP contribution in [-0.2, 0) is 0 Å². The van der Waals surface area contributed by atoms with Crippen LogP contribution in [0.5, 0.6) is 0 Å². The van der Waals surface area contributed by atoms with Crippen LogP contribution in [0.2, 0.25) is 0 Å². The summed E-state index contributed by atoms with van der Waals surface area (Å²) in [5.41, 5.74) is 1.39. The summed E-state index contributed by atoms with van der Waals surface area (Å²) in [6.45, 7) is 0. The van der Waals surface area contributed by atoms with Crippen molar-refractivity contribution < 1.29 is 0 Å². The molecular weight excluding hydrogens is 218 g/mol. The summed E-state index contributed by atoms with van der Waals surface area (Å²) in [5, 5.41) is 5.48. The van der Waals surface area contributed by atoms with Gasteiger partial charge < -0.3 is 4.98 Å². The Bertz CT molecular complexity index is 795. The molecule has 17 heavy (non-hydrogen) atoms. The predicted molar refractivity (Wildman–Crippen MR) is 65.0 cm³/mol. The van der Waals surface area contributed by atoms with Crippen molar-refractivity contribution in [3.8, 4) is 11.1 Å². The molecule has 1 aromatic carbocycles. The van der Waals surface area contributed by atoms with Crippen LogP contribution in [0.25, 0.3) is 22.0 Å². The Morgan fingerprint density at radius 1 is 0.941 bits per heavy atom. The van der Waals surface area contributed by atoms with Gasteiger partial charge in [0.25, 0.3) is 11.1 Å². The first-order chi connectivity index (χ1) is 8.25. The van der Waals surface area contributed by atoms with E-state index in [1.54, 1.807) is 6.20 Å². The van der Waals surface area contributed by atoms with Crippen LogP contribution in [-0.4, -0.2) is 15.2 Å². The highest BCUT2D eigenvalue weighted by Crippen LogP contribution is 2.24. The van der Waals surface area contributed by atoms with Crippen molar-refractivity contribution in [2.45, 2.75) is 0 Å². The van der Waals surface area contributed by atoms with Crippen molar-refractivity contribution in [2.75, 3.05) is 0 Å². The van der Waals surface area contributed by atoms with Crippen LogP contribution >= 0.6 is 0 Å². The molecule has 0 saturated heterocycles. The lowest BCUT2D eigenvalue weighted by atomic mass is 10.1. The van der Waals surface area contributed by atoms with E-state index in [0.717, 1.165) is 16.5 Å². The van der Waals surface area contributed by atoms with Gasteiger partial charge in [0.2, 0.25) is 0 Å². The summed E-state index contributed by atoms with van der Waals surface area (Å²) in [7, 11) is 0. The van der Waals surface area contributed by atoms with Gasteiger partial charge in [0.1, 0.15) is 0 Å². The van der Waals surface area contributed by atoms with Crippen LogP contribution in [0.3, 0.4) is 0 Å². The van der Waals surface area contributed by atoms with E-state index in [4.69, 9.17) is 0 Å². The number of fused-ring (bicyclic) bond motifs is 1. The van der Waals surface area contributed by atoms with E-state index >= 15 is 0 Å². The van der Waals surface area contributed by atoms with Gasteiger partial charge >= 0.3 is 0 Å². The molecule has 3 aromatic rings. The molecule has 0 saturated carbocycles. The monoisotopic (exact) mass is 227 g/mol. The molecule has 0 bridgehead atoms. The average molecular weight is 227 g/mol. The molecule has 3 rings (SSSR count). The molecule has 0 unspecified atom stereocenters. The maximum Gasteiger partial charge on any atom is 0.270 e. The lowest BCUT2D eigenvalue weighted by molar-refractivity contribution is 0.955. The highest BCUT2D eigenvalue weighted by atomic mass is 16.1. The normalized spacial score (nSPS) is 10.8. The summed E-state index contributed by atoms with van der Waals surface area (Å²) in [5.74, 6) is 0. The Morgan fingerprint density at radius 2 is 1.76 bits per heavy atom. The van der Waals surface area contributed by atoms with Crippen molar-refractivity contribution in [3.63, 3.8) is 0 Å². The lowest BCUT2D eigenvalue weighted by Crippen LogP contribution is -2.19. The first kappa shape index (κ1) is 9.65. The second-order valence-corrected chi connectivity index (χ2v) is 3.75. The summed E-state index contributed by atoms with van der Waals surface area (Å²) >= 11 is 0. The van der Waals surface area contributed by atoms with Gasteiger partial charge in [-0.15, -0.1) is 0 Å². The molecule has 0 spiro atoms. The molecule has 0 radical (unpaired) electrons. The van der Waals surface area contributed by atoms with E-state index in [0.29, 0.717) is 5.56 Å². The minimum absolute atomic E-state index is 0.311. The van der Waals surface area contributed by atoms with Gasteiger partial charge in [-0.05, 0) is 6.07 Å². The first-order valence-corrected chi connectivity index (χ1v) is 5.14. The maximum atomic E-state index is 11.7. The van der Waals surface area contributed by atoms with Gasteiger partial charge in [0.05, 0.1) is 5.56 Å². The Balaban J connectivity index is 2.38. The Morgan fingerprint density at radius 3 is 2.65 bits per heavy atom. The van der Waals surface area contributed by atoms with E-state index < -0.39 is 0 Å². The third kappa shape index (κ3) is 1.48. The zero-order chi connectivity index (χ0) is 11.8. The second-order valence-electron chi connectivity index (χ2n) is 3.75. The lowest BCUT2D eigenvalue weighted by Gasteiger charge is -1.96. The Hall–Kier alpha value is -2.56.